The molecule has 0 fully saturated rings. The number of hydrogen-bond acceptors (Lipinski definition) is 0. The molecule has 12 heavy (non-hydrogen) atoms. The first-order valence-electron chi connectivity index (χ1n) is 3.99. The molecule has 0 bridgehead atoms. The zero-order chi connectivity index (χ0) is 9.78. The third-order valence-electron chi connectivity index (χ3n) is 1.94. The molecule has 0 aromatic rings. The standard InChI is InChI=1S/C8H14BrClF2/c1-6(2)7(5-9)3-4-8(10,11)12/h6-7H,3-5H2,1-2H3. The molecule has 0 N–H and O–H groups in total. The van der Waals surface area contributed by atoms with E-state index in [1.807, 2.05) is 13.8 Å². The Morgan fingerprint density at radius 3 is 2.17 bits per heavy atom. The molecule has 0 aromatic carbocycles. The van der Waals surface area contributed by atoms with Crippen LogP contribution in [-0.4, -0.2) is 10.7 Å². The van der Waals surface area contributed by atoms with Crippen LogP contribution in [0.1, 0.15) is 26.7 Å². The topological polar surface area (TPSA) is 0 Å². The van der Waals surface area contributed by atoms with Gasteiger partial charge in [-0.1, -0.05) is 29.8 Å². The average Bonchev–Trinajstić information content (AvgIpc) is 1.85. The minimum Gasteiger partial charge on any atom is -0.188 e. The fourth-order valence-corrected chi connectivity index (χ4v) is 2.12. The summed E-state index contributed by atoms with van der Waals surface area (Å²) in [5.74, 6) is 0.706. The van der Waals surface area contributed by atoms with E-state index in [-0.39, 0.29) is 12.3 Å². The third-order valence-corrected chi connectivity index (χ3v) is 2.96. The predicted octanol–water partition coefficient (Wildman–Crippen LogP) is 4.27. The van der Waals surface area contributed by atoms with Crippen LogP contribution in [-0.2, 0) is 0 Å². The fourth-order valence-electron chi connectivity index (χ4n) is 0.938. The molecule has 0 amide bonds. The second kappa shape index (κ2) is 5.38. The molecule has 0 rings (SSSR count). The van der Waals surface area contributed by atoms with Gasteiger partial charge in [0.05, 0.1) is 0 Å². The minimum absolute atomic E-state index is 0.233. The van der Waals surface area contributed by atoms with Gasteiger partial charge in [0.1, 0.15) is 0 Å². The van der Waals surface area contributed by atoms with Crippen LogP contribution in [0.3, 0.4) is 0 Å². The lowest BCUT2D eigenvalue weighted by Gasteiger charge is -2.19. The molecular weight excluding hydrogens is 249 g/mol. The van der Waals surface area contributed by atoms with Crippen LogP contribution in [0.4, 0.5) is 8.78 Å². The van der Waals surface area contributed by atoms with Crippen LogP contribution in [0.2, 0.25) is 0 Å². The van der Waals surface area contributed by atoms with E-state index in [2.05, 4.69) is 15.9 Å². The van der Waals surface area contributed by atoms with Crippen molar-refractivity contribution in [3.05, 3.63) is 0 Å². The highest BCUT2D eigenvalue weighted by Crippen LogP contribution is 2.29. The second-order valence-electron chi connectivity index (χ2n) is 3.31. The molecule has 74 valence electrons. The molecule has 0 saturated heterocycles. The first kappa shape index (κ1) is 12.6. The van der Waals surface area contributed by atoms with E-state index in [9.17, 15) is 8.78 Å². The predicted molar refractivity (Wildman–Crippen MR) is 52.2 cm³/mol. The van der Waals surface area contributed by atoms with Crippen LogP contribution in [0.5, 0.6) is 0 Å². The molecule has 0 nitrogen and oxygen atoms in total. The van der Waals surface area contributed by atoms with Crippen molar-refractivity contribution in [2.75, 3.05) is 5.33 Å². The van der Waals surface area contributed by atoms with Crippen molar-refractivity contribution in [3.8, 4) is 0 Å². The summed E-state index contributed by atoms with van der Waals surface area (Å²) < 4.78 is 24.5. The van der Waals surface area contributed by atoms with Crippen LogP contribution in [0.15, 0.2) is 0 Å². The molecular formula is C8H14BrClF2. The van der Waals surface area contributed by atoms with Gasteiger partial charge >= 0.3 is 5.38 Å². The largest absolute Gasteiger partial charge is 0.321 e. The van der Waals surface area contributed by atoms with E-state index in [0.717, 1.165) is 5.33 Å². The van der Waals surface area contributed by atoms with Crippen molar-refractivity contribution in [3.63, 3.8) is 0 Å². The number of hydrogen-bond donors (Lipinski definition) is 0. The average molecular weight is 264 g/mol. The Morgan fingerprint density at radius 2 is 1.92 bits per heavy atom. The Balaban J connectivity index is 3.73. The van der Waals surface area contributed by atoms with Gasteiger partial charge in [-0.25, -0.2) is 0 Å². The molecule has 0 aliphatic rings. The molecule has 0 heterocycles. The number of alkyl halides is 4. The maximum atomic E-state index is 12.2. The van der Waals surface area contributed by atoms with Gasteiger partial charge in [0.2, 0.25) is 0 Å². The Bertz CT molecular complexity index is 123. The van der Waals surface area contributed by atoms with Crippen LogP contribution < -0.4 is 0 Å². The third kappa shape index (κ3) is 6.18. The molecule has 0 spiro atoms. The Hall–Kier alpha value is 0.630. The van der Waals surface area contributed by atoms with E-state index in [1.165, 1.54) is 0 Å². The number of rotatable bonds is 5. The summed E-state index contributed by atoms with van der Waals surface area (Å²) in [5, 5.41) is -2.27. The Morgan fingerprint density at radius 1 is 1.42 bits per heavy atom. The van der Waals surface area contributed by atoms with E-state index < -0.39 is 5.38 Å². The van der Waals surface area contributed by atoms with Crippen molar-refractivity contribution in [2.24, 2.45) is 11.8 Å². The summed E-state index contributed by atoms with van der Waals surface area (Å²) in [6.07, 6.45) is 0.239. The van der Waals surface area contributed by atoms with Gasteiger partial charge in [0.15, 0.2) is 0 Å². The van der Waals surface area contributed by atoms with E-state index in [4.69, 9.17) is 11.6 Å². The fraction of sp³-hybridized carbons (Fsp3) is 1.00. The van der Waals surface area contributed by atoms with Crippen molar-refractivity contribution in [1.29, 1.82) is 0 Å². The molecule has 1 unspecified atom stereocenters. The van der Waals surface area contributed by atoms with Gasteiger partial charge in [-0.05, 0) is 29.9 Å². The van der Waals surface area contributed by atoms with Crippen molar-refractivity contribution in [2.45, 2.75) is 32.1 Å². The summed E-state index contributed by atoms with van der Waals surface area (Å²) in [7, 11) is 0. The Labute approximate surface area is 85.8 Å². The SMILES string of the molecule is CC(C)C(CBr)CCC(F)(F)Cl. The maximum Gasteiger partial charge on any atom is 0.321 e. The highest BCUT2D eigenvalue weighted by molar-refractivity contribution is 9.09. The molecule has 0 saturated carbocycles. The summed E-state index contributed by atoms with van der Waals surface area (Å²) in [4.78, 5) is 0. The van der Waals surface area contributed by atoms with Crippen molar-refractivity contribution >= 4 is 27.5 Å². The van der Waals surface area contributed by atoms with E-state index >= 15 is 0 Å². The van der Waals surface area contributed by atoms with E-state index in [0.29, 0.717) is 12.3 Å². The van der Waals surface area contributed by atoms with Crippen LogP contribution in [0.25, 0.3) is 0 Å². The monoisotopic (exact) mass is 262 g/mol. The summed E-state index contributed by atoms with van der Waals surface area (Å²) in [6, 6.07) is 0. The molecule has 0 aliphatic carbocycles. The maximum absolute atomic E-state index is 12.2. The second-order valence-corrected chi connectivity index (χ2v) is 4.51. The van der Waals surface area contributed by atoms with Crippen LogP contribution >= 0.6 is 27.5 Å². The minimum atomic E-state index is -3.03. The first-order chi connectivity index (χ1) is 5.37. The van der Waals surface area contributed by atoms with Gasteiger partial charge in [-0.3, -0.25) is 0 Å². The smallest absolute Gasteiger partial charge is 0.188 e. The summed E-state index contributed by atoms with van der Waals surface area (Å²) in [5.41, 5.74) is 0. The van der Waals surface area contributed by atoms with Gasteiger partial charge in [-0.2, -0.15) is 8.78 Å². The van der Waals surface area contributed by atoms with Gasteiger partial charge in [0.25, 0.3) is 0 Å². The van der Waals surface area contributed by atoms with Gasteiger partial charge < -0.3 is 0 Å². The lowest BCUT2D eigenvalue weighted by molar-refractivity contribution is 0.0764. The summed E-state index contributed by atoms with van der Waals surface area (Å²) >= 11 is 8.09. The zero-order valence-electron chi connectivity index (χ0n) is 7.29. The number of halogens is 4. The lowest BCUT2D eigenvalue weighted by atomic mass is 9.93. The molecule has 0 aliphatic heterocycles. The molecule has 0 radical (unpaired) electrons. The van der Waals surface area contributed by atoms with E-state index in [1.54, 1.807) is 0 Å². The van der Waals surface area contributed by atoms with Crippen molar-refractivity contribution in [1.82, 2.24) is 0 Å². The first-order valence-corrected chi connectivity index (χ1v) is 5.49. The summed E-state index contributed by atoms with van der Waals surface area (Å²) in [6.45, 7) is 4.05. The Kier molecular flexibility index (Phi) is 5.66. The van der Waals surface area contributed by atoms with Crippen molar-refractivity contribution < 1.29 is 8.78 Å². The lowest BCUT2D eigenvalue weighted by Crippen LogP contribution is -2.15. The molecule has 4 heteroatoms. The highest BCUT2D eigenvalue weighted by Gasteiger charge is 2.26. The van der Waals surface area contributed by atoms with Crippen LogP contribution in [0, 0.1) is 11.8 Å². The van der Waals surface area contributed by atoms with Gasteiger partial charge in [0, 0.05) is 11.8 Å². The quantitative estimate of drug-likeness (QED) is 0.650. The normalized spacial score (nSPS) is 15.2. The van der Waals surface area contributed by atoms with Gasteiger partial charge in [-0.15, -0.1) is 0 Å². The molecule has 1 atom stereocenters. The zero-order valence-corrected chi connectivity index (χ0v) is 9.63. The highest BCUT2D eigenvalue weighted by atomic mass is 79.9. The molecule has 0 aromatic heterocycles.